The molecule has 0 spiro atoms. The number of ether oxygens (including phenoxy) is 1. The van der Waals surface area contributed by atoms with Crippen LogP contribution < -0.4 is 0 Å². The largest absolute Gasteiger partial charge is 0.447 e. The number of cyclic esters (lactones) is 1. The van der Waals surface area contributed by atoms with Gasteiger partial charge in [-0.2, -0.15) is 0 Å². The third-order valence-electron chi connectivity index (χ3n) is 3.52. The summed E-state index contributed by atoms with van der Waals surface area (Å²) in [6.07, 6.45) is -0.385. The van der Waals surface area contributed by atoms with E-state index in [1.165, 1.54) is 12.1 Å². The maximum absolute atomic E-state index is 13.1. The van der Waals surface area contributed by atoms with Crippen molar-refractivity contribution in [1.82, 2.24) is 4.90 Å². The quantitative estimate of drug-likeness (QED) is 0.851. The number of halogens is 2. The van der Waals surface area contributed by atoms with Crippen LogP contribution in [0.15, 0.2) is 48.5 Å². The molecule has 0 unspecified atom stereocenters. The summed E-state index contributed by atoms with van der Waals surface area (Å²) in [4.78, 5) is 13.5. The Hall–Kier alpha value is -2.07. The minimum Gasteiger partial charge on any atom is -0.447 e. The average Bonchev–Trinajstić information content (AvgIpc) is 2.84. The fraction of sp³-hybridized carbons (Fsp3) is 0.188. The van der Waals surface area contributed by atoms with Gasteiger partial charge in [-0.25, -0.2) is 9.18 Å². The highest BCUT2D eigenvalue weighted by molar-refractivity contribution is 6.31. The van der Waals surface area contributed by atoms with E-state index in [2.05, 4.69) is 0 Å². The van der Waals surface area contributed by atoms with Crippen molar-refractivity contribution in [1.29, 1.82) is 0 Å². The Labute approximate surface area is 126 Å². The number of nitrogens with zero attached hydrogens (tertiary/aromatic N) is 1. The Morgan fingerprint density at radius 3 is 2.71 bits per heavy atom. The van der Waals surface area contributed by atoms with Crippen LogP contribution in [0.1, 0.15) is 17.2 Å². The SMILES string of the molecule is O=C1OC[C@H](c2ccccc2)N1Cc1ccc(F)cc1Cl. The zero-order valence-electron chi connectivity index (χ0n) is 11.1. The van der Waals surface area contributed by atoms with E-state index in [1.54, 1.807) is 11.0 Å². The molecule has 0 saturated carbocycles. The number of amides is 1. The maximum atomic E-state index is 13.1. The second-order valence-electron chi connectivity index (χ2n) is 4.87. The van der Waals surface area contributed by atoms with Gasteiger partial charge in [0.15, 0.2) is 0 Å². The van der Waals surface area contributed by atoms with Crippen molar-refractivity contribution in [2.24, 2.45) is 0 Å². The molecule has 108 valence electrons. The fourth-order valence-corrected chi connectivity index (χ4v) is 2.64. The molecule has 2 aromatic carbocycles. The molecule has 1 aliphatic heterocycles. The average molecular weight is 306 g/mol. The first-order valence-electron chi connectivity index (χ1n) is 6.57. The molecule has 1 fully saturated rings. The molecule has 3 rings (SSSR count). The molecule has 1 aliphatic rings. The Balaban J connectivity index is 1.86. The monoisotopic (exact) mass is 305 g/mol. The molecule has 0 aromatic heterocycles. The van der Waals surface area contributed by atoms with E-state index in [4.69, 9.17) is 16.3 Å². The number of hydrogen-bond acceptors (Lipinski definition) is 2. The van der Waals surface area contributed by atoms with Gasteiger partial charge in [0, 0.05) is 5.02 Å². The zero-order chi connectivity index (χ0) is 14.8. The van der Waals surface area contributed by atoms with Gasteiger partial charge in [0.1, 0.15) is 12.4 Å². The molecule has 3 nitrogen and oxygen atoms in total. The highest BCUT2D eigenvalue weighted by Crippen LogP contribution is 2.30. The molecular formula is C16H13ClFNO2. The number of benzene rings is 2. The van der Waals surface area contributed by atoms with Gasteiger partial charge >= 0.3 is 6.09 Å². The van der Waals surface area contributed by atoms with Crippen molar-refractivity contribution in [3.8, 4) is 0 Å². The molecule has 21 heavy (non-hydrogen) atoms. The molecule has 0 radical (unpaired) electrons. The summed E-state index contributed by atoms with van der Waals surface area (Å²) >= 11 is 6.03. The predicted molar refractivity (Wildman–Crippen MR) is 77.5 cm³/mol. The summed E-state index contributed by atoms with van der Waals surface area (Å²) in [5.41, 5.74) is 1.69. The minimum absolute atomic E-state index is 0.153. The lowest BCUT2D eigenvalue weighted by molar-refractivity contribution is 0.156. The van der Waals surface area contributed by atoms with Crippen LogP contribution >= 0.6 is 11.6 Å². The second kappa shape index (κ2) is 5.74. The highest BCUT2D eigenvalue weighted by atomic mass is 35.5. The van der Waals surface area contributed by atoms with E-state index in [0.717, 1.165) is 5.56 Å². The van der Waals surface area contributed by atoms with Crippen molar-refractivity contribution < 1.29 is 13.9 Å². The van der Waals surface area contributed by atoms with E-state index in [9.17, 15) is 9.18 Å². The molecule has 5 heteroatoms. The Kier molecular flexibility index (Phi) is 3.80. The highest BCUT2D eigenvalue weighted by Gasteiger charge is 2.34. The van der Waals surface area contributed by atoms with Crippen LogP contribution in [0.2, 0.25) is 5.02 Å². The molecular weight excluding hydrogens is 293 g/mol. The van der Waals surface area contributed by atoms with E-state index in [0.29, 0.717) is 17.2 Å². The molecule has 1 amide bonds. The van der Waals surface area contributed by atoms with Crippen LogP contribution in [-0.2, 0) is 11.3 Å². The van der Waals surface area contributed by atoms with Crippen LogP contribution in [0.4, 0.5) is 9.18 Å². The Morgan fingerprint density at radius 2 is 2.00 bits per heavy atom. The van der Waals surface area contributed by atoms with Crippen LogP contribution in [-0.4, -0.2) is 17.6 Å². The van der Waals surface area contributed by atoms with Gasteiger partial charge in [0.05, 0.1) is 12.6 Å². The summed E-state index contributed by atoms with van der Waals surface area (Å²) in [5.74, 6) is -0.396. The van der Waals surface area contributed by atoms with Gasteiger partial charge in [-0.05, 0) is 23.3 Å². The molecule has 0 N–H and O–H groups in total. The van der Waals surface area contributed by atoms with Gasteiger partial charge in [-0.3, -0.25) is 4.90 Å². The van der Waals surface area contributed by atoms with Crippen molar-refractivity contribution in [2.75, 3.05) is 6.61 Å². The molecule has 0 aliphatic carbocycles. The third kappa shape index (κ3) is 2.85. The lowest BCUT2D eigenvalue weighted by atomic mass is 10.1. The Morgan fingerprint density at radius 1 is 1.24 bits per heavy atom. The molecule has 1 heterocycles. The molecule has 2 aromatic rings. The van der Waals surface area contributed by atoms with E-state index in [-0.39, 0.29) is 18.7 Å². The van der Waals surface area contributed by atoms with Crippen LogP contribution in [0.25, 0.3) is 0 Å². The van der Waals surface area contributed by atoms with Crippen LogP contribution in [0.5, 0.6) is 0 Å². The van der Waals surface area contributed by atoms with Gasteiger partial charge in [0.2, 0.25) is 0 Å². The molecule has 0 bridgehead atoms. The third-order valence-corrected chi connectivity index (χ3v) is 3.87. The van der Waals surface area contributed by atoms with Crippen LogP contribution in [0.3, 0.4) is 0 Å². The number of carbonyl (C=O) groups is 1. The second-order valence-corrected chi connectivity index (χ2v) is 5.27. The zero-order valence-corrected chi connectivity index (χ0v) is 11.9. The number of rotatable bonds is 3. The van der Waals surface area contributed by atoms with Crippen LogP contribution in [0, 0.1) is 5.82 Å². The van der Waals surface area contributed by atoms with E-state index in [1.807, 2.05) is 30.3 Å². The lowest BCUT2D eigenvalue weighted by Gasteiger charge is -2.22. The van der Waals surface area contributed by atoms with Crippen molar-refractivity contribution in [2.45, 2.75) is 12.6 Å². The van der Waals surface area contributed by atoms with Crippen molar-refractivity contribution in [3.63, 3.8) is 0 Å². The number of carbonyl (C=O) groups excluding carboxylic acids is 1. The fourth-order valence-electron chi connectivity index (χ4n) is 2.41. The number of hydrogen-bond donors (Lipinski definition) is 0. The van der Waals surface area contributed by atoms with Gasteiger partial charge in [-0.15, -0.1) is 0 Å². The summed E-state index contributed by atoms with van der Waals surface area (Å²) in [7, 11) is 0. The van der Waals surface area contributed by atoms with Gasteiger partial charge < -0.3 is 4.74 Å². The molecule has 1 saturated heterocycles. The minimum atomic E-state index is -0.396. The lowest BCUT2D eigenvalue weighted by Crippen LogP contribution is -2.27. The van der Waals surface area contributed by atoms with Crippen molar-refractivity contribution >= 4 is 17.7 Å². The first kappa shape index (κ1) is 13.9. The summed E-state index contributed by atoms with van der Waals surface area (Å²) in [6.45, 7) is 0.596. The first-order valence-corrected chi connectivity index (χ1v) is 6.95. The predicted octanol–water partition coefficient (Wildman–Crippen LogP) is 4.17. The topological polar surface area (TPSA) is 29.5 Å². The standard InChI is InChI=1S/C16H13ClFNO2/c17-14-8-13(18)7-6-12(14)9-19-15(10-21-16(19)20)11-4-2-1-3-5-11/h1-8,15H,9-10H2/t15-/m1/s1. The Bertz CT molecular complexity index is 663. The normalized spacial score (nSPS) is 17.9. The van der Waals surface area contributed by atoms with E-state index >= 15 is 0 Å². The van der Waals surface area contributed by atoms with E-state index < -0.39 is 5.82 Å². The first-order chi connectivity index (χ1) is 10.1. The molecule has 1 atom stereocenters. The van der Waals surface area contributed by atoms with Gasteiger partial charge in [-0.1, -0.05) is 48.0 Å². The summed E-state index contributed by atoms with van der Waals surface area (Å²) in [6, 6.07) is 13.7. The van der Waals surface area contributed by atoms with Crippen molar-refractivity contribution in [3.05, 3.63) is 70.5 Å². The maximum Gasteiger partial charge on any atom is 0.410 e. The summed E-state index contributed by atoms with van der Waals surface area (Å²) in [5, 5.41) is 0.307. The summed E-state index contributed by atoms with van der Waals surface area (Å²) < 4.78 is 18.2. The smallest absolute Gasteiger partial charge is 0.410 e. The van der Waals surface area contributed by atoms with Gasteiger partial charge in [0.25, 0.3) is 0 Å².